The number of amides is 5. The van der Waals surface area contributed by atoms with Crippen LogP contribution in [0.3, 0.4) is 0 Å². The third kappa shape index (κ3) is 15.2. The van der Waals surface area contributed by atoms with Crippen LogP contribution >= 0.6 is 0 Å². The molecular formula is C37H55N3O11. The third-order valence-corrected chi connectivity index (χ3v) is 8.53. The number of imide groups is 2. The number of hydrogen-bond donors (Lipinski definition) is 2. The fourth-order valence-corrected chi connectivity index (χ4v) is 5.77. The van der Waals surface area contributed by atoms with Crippen molar-refractivity contribution in [2.24, 2.45) is 0 Å². The van der Waals surface area contributed by atoms with Crippen LogP contribution < -0.4 is 10.6 Å². The highest BCUT2D eigenvalue weighted by atomic mass is 16.6. The first kappa shape index (κ1) is 41.7. The molecular weight excluding hydrogens is 662 g/mol. The zero-order valence-electron chi connectivity index (χ0n) is 30.0. The second-order valence-corrected chi connectivity index (χ2v) is 12.6. The van der Waals surface area contributed by atoms with Gasteiger partial charge in [-0.3, -0.25) is 39.0 Å². The topological polar surface area (TPSA) is 176 Å². The summed E-state index contributed by atoms with van der Waals surface area (Å²) in [4.78, 5) is 75.2. The summed E-state index contributed by atoms with van der Waals surface area (Å²) >= 11 is 0. The van der Waals surface area contributed by atoms with E-state index in [0.717, 1.165) is 30.6 Å². The lowest BCUT2D eigenvalue weighted by atomic mass is 10.0. The second kappa shape index (κ2) is 24.5. The number of piperidine rings is 1. The summed E-state index contributed by atoms with van der Waals surface area (Å²) in [5.41, 5.74) is 0.385. The minimum atomic E-state index is -1.07. The molecule has 14 heteroatoms. The van der Waals surface area contributed by atoms with Crippen molar-refractivity contribution in [3.63, 3.8) is 0 Å². The quantitative estimate of drug-likeness (QED) is 0.0717. The normalized spacial score (nSPS) is 15.6. The van der Waals surface area contributed by atoms with Crippen LogP contribution in [0.25, 0.3) is 0 Å². The molecule has 5 amide bonds. The number of unbranched alkanes of at least 4 members (excludes halogenated alkanes) is 8. The van der Waals surface area contributed by atoms with E-state index in [0.29, 0.717) is 65.7 Å². The Bertz CT molecular complexity index is 1290. The molecule has 2 N–H and O–H groups in total. The molecule has 51 heavy (non-hydrogen) atoms. The van der Waals surface area contributed by atoms with Gasteiger partial charge in [-0.15, -0.1) is 0 Å². The fourth-order valence-electron chi connectivity index (χ4n) is 5.77. The molecule has 1 fully saturated rings. The number of nitrogens with zero attached hydrogens (tertiary/aromatic N) is 1. The number of carbonyl (C=O) groups is 6. The lowest BCUT2D eigenvalue weighted by molar-refractivity contribution is -0.145. The number of carbonyl (C=O) groups excluding carboxylic acids is 6. The molecule has 0 bridgehead atoms. The Hall–Kier alpha value is -3.72. The average Bonchev–Trinajstić information content (AvgIpc) is 3.36. The van der Waals surface area contributed by atoms with Gasteiger partial charge in [-0.2, -0.15) is 0 Å². The van der Waals surface area contributed by atoms with Crippen LogP contribution in [0.15, 0.2) is 18.2 Å². The maximum atomic E-state index is 13.2. The fraction of sp³-hybridized carbons (Fsp3) is 0.676. The Morgan fingerprint density at radius 1 is 0.725 bits per heavy atom. The maximum Gasteiger partial charge on any atom is 0.305 e. The van der Waals surface area contributed by atoms with E-state index in [-0.39, 0.29) is 54.6 Å². The van der Waals surface area contributed by atoms with Gasteiger partial charge in [0.1, 0.15) is 12.6 Å². The molecule has 1 aromatic carbocycles. The lowest BCUT2D eigenvalue weighted by Crippen LogP contribution is -2.54. The molecule has 2 aliphatic rings. The molecule has 1 atom stereocenters. The number of benzene rings is 1. The van der Waals surface area contributed by atoms with Gasteiger partial charge in [0, 0.05) is 25.9 Å². The average molecular weight is 718 g/mol. The number of rotatable bonds is 28. The molecule has 2 heterocycles. The maximum absolute atomic E-state index is 13.2. The highest BCUT2D eigenvalue weighted by Gasteiger charge is 2.45. The van der Waals surface area contributed by atoms with E-state index in [2.05, 4.69) is 17.6 Å². The summed E-state index contributed by atoms with van der Waals surface area (Å²) in [6.07, 6.45) is 11.1. The van der Waals surface area contributed by atoms with E-state index >= 15 is 0 Å². The van der Waals surface area contributed by atoms with Crippen molar-refractivity contribution >= 4 is 41.2 Å². The Labute approximate surface area is 300 Å². The second-order valence-electron chi connectivity index (χ2n) is 12.6. The number of nitrogens with one attached hydrogen (secondary N) is 2. The molecule has 0 aromatic heterocycles. The van der Waals surface area contributed by atoms with E-state index in [1.165, 1.54) is 38.2 Å². The van der Waals surface area contributed by atoms with Crippen molar-refractivity contribution < 1.29 is 52.5 Å². The molecule has 0 radical (unpaired) electrons. The molecule has 3 rings (SSSR count). The zero-order valence-corrected chi connectivity index (χ0v) is 30.0. The number of fused-ring (bicyclic) bond motifs is 1. The van der Waals surface area contributed by atoms with E-state index in [1.54, 1.807) is 12.1 Å². The van der Waals surface area contributed by atoms with Gasteiger partial charge in [-0.25, -0.2) is 0 Å². The van der Waals surface area contributed by atoms with Gasteiger partial charge in [0.25, 0.3) is 11.8 Å². The molecule has 1 unspecified atom stereocenters. The van der Waals surface area contributed by atoms with Gasteiger partial charge in [-0.05, 0) is 37.8 Å². The Balaban J connectivity index is 1.11. The minimum absolute atomic E-state index is 0.0300. The van der Waals surface area contributed by atoms with E-state index in [4.69, 9.17) is 23.7 Å². The molecule has 284 valence electrons. The summed E-state index contributed by atoms with van der Waals surface area (Å²) in [6.45, 7) is 5.95. The number of anilines is 1. The van der Waals surface area contributed by atoms with Crippen molar-refractivity contribution in [1.29, 1.82) is 0 Å². The molecule has 0 spiro atoms. The van der Waals surface area contributed by atoms with Crippen molar-refractivity contribution in [2.45, 2.75) is 103 Å². The minimum Gasteiger partial charge on any atom is -0.463 e. The number of ether oxygens (including phenoxy) is 5. The zero-order chi connectivity index (χ0) is 36.7. The summed E-state index contributed by atoms with van der Waals surface area (Å²) in [5, 5.41) is 4.90. The first-order valence-electron chi connectivity index (χ1n) is 18.4. The summed E-state index contributed by atoms with van der Waals surface area (Å²) < 4.78 is 27.2. The third-order valence-electron chi connectivity index (χ3n) is 8.53. The molecule has 1 aromatic rings. The summed E-state index contributed by atoms with van der Waals surface area (Å²) in [7, 11) is 0. The first-order valence-corrected chi connectivity index (χ1v) is 18.4. The molecule has 2 aliphatic heterocycles. The summed E-state index contributed by atoms with van der Waals surface area (Å²) in [6, 6.07) is 3.53. The van der Waals surface area contributed by atoms with E-state index < -0.39 is 29.7 Å². The van der Waals surface area contributed by atoms with Crippen LogP contribution in [-0.4, -0.2) is 106 Å². The molecule has 0 saturated carbocycles. The van der Waals surface area contributed by atoms with E-state index in [1.807, 2.05) is 0 Å². The summed E-state index contributed by atoms with van der Waals surface area (Å²) in [5.74, 6) is -2.88. The Morgan fingerprint density at radius 2 is 1.31 bits per heavy atom. The van der Waals surface area contributed by atoms with Gasteiger partial charge in [-0.1, -0.05) is 57.9 Å². The van der Waals surface area contributed by atoms with Crippen LogP contribution in [0, 0.1) is 0 Å². The van der Waals surface area contributed by atoms with Crippen LogP contribution in [0.4, 0.5) is 5.69 Å². The number of hydrogen-bond acceptors (Lipinski definition) is 11. The predicted octanol–water partition coefficient (Wildman–Crippen LogP) is 4.34. The molecule has 14 nitrogen and oxygen atoms in total. The largest absolute Gasteiger partial charge is 0.463 e. The smallest absolute Gasteiger partial charge is 0.305 e. The lowest BCUT2D eigenvalue weighted by Gasteiger charge is -2.27. The van der Waals surface area contributed by atoms with Gasteiger partial charge in [0.2, 0.25) is 17.7 Å². The van der Waals surface area contributed by atoms with Crippen LogP contribution in [0.5, 0.6) is 0 Å². The van der Waals surface area contributed by atoms with Gasteiger partial charge >= 0.3 is 5.97 Å². The van der Waals surface area contributed by atoms with Crippen molar-refractivity contribution in [1.82, 2.24) is 10.2 Å². The van der Waals surface area contributed by atoms with Crippen LogP contribution in [0.1, 0.15) is 118 Å². The van der Waals surface area contributed by atoms with Crippen LogP contribution in [-0.2, 0) is 42.9 Å². The SMILES string of the molecule is CCCCCCCCCC(=O)OCCOCCOCCOCCOCCCCCC(=O)Nc1cccc2c1C(=O)N(C1CCC(=O)NC1=O)C2=O. The molecule has 1 saturated heterocycles. The first-order chi connectivity index (χ1) is 24.8. The highest BCUT2D eigenvalue weighted by Crippen LogP contribution is 2.32. The monoisotopic (exact) mass is 717 g/mol. The molecule has 0 aliphatic carbocycles. The van der Waals surface area contributed by atoms with Crippen molar-refractivity contribution in [3.8, 4) is 0 Å². The van der Waals surface area contributed by atoms with Crippen LogP contribution in [0.2, 0.25) is 0 Å². The highest BCUT2D eigenvalue weighted by molar-refractivity contribution is 6.26. The number of esters is 1. The Kier molecular flexibility index (Phi) is 20.0. The Morgan fingerprint density at radius 3 is 1.98 bits per heavy atom. The van der Waals surface area contributed by atoms with Crippen molar-refractivity contribution in [2.75, 3.05) is 64.8 Å². The van der Waals surface area contributed by atoms with Crippen molar-refractivity contribution in [3.05, 3.63) is 29.3 Å². The standard InChI is InChI=1S/C37H55N3O11/c1-2-3-4-5-6-7-10-16-33(43)51-27-26-50-25-24-49-23-22-48-21-20-47-19-11-8-9-15-31(41)38-29-14-12-13-28-34(29)37(46)40(36(28)45)30-17-18-32(42)39-35(30)44/h12-14,30H,2-11,15-27H2,1H3,(H,38,41)(H,39,42,44). The predicted molar refractivity (Wildman–Crippen MR) is 187 cm³/mol. The van der Waals surface area contributed by atoms with Gasteiger partial charge in [0.05, 0.1) is 63.1 Å². The van der Waals surface area contributed by atoms with Gasteiger partial charge < -0.3 is 29.0 Å². The van der Waals surface area contributed by atoms with E-state index in [9.17, 15) is 28.8 Å². The van der Waals surface area contributed by atoms with Gasteiger partial charge in [0.15, 0.2) is 0 Å².